The molecule has 0 aliphatic carbocycles. The molecule has 2 aromatic rings. The maximum Gasteiger partial charge on any atom is 0.387 e. The minimum absolute atomic E-state index is 0.0633. The van der Waals surface area contributed by atoms with E-state index >= 15 is 0 Å². The molecule has 0 spiro atoms. The largest absolute Gasteiger partial charge is 0.434 e. The van der Waals surface area contributed by atoms with Gasteiger partial charge in [-0.1, -0.05) is 18.2 Å². The number of hydrogen-bond donors (Lipinski definition) is 2. The lowest BCUT2D eigenvalue weighted by atomic mass is 10.2. The zero-order valence-electron chi connectivity index (χ0n) is 12.4. The standard InChI is InChI=1S/C15H11F2N3O5/c16-15(17)25-12-7-2-1-6-11(12)14(22)19-18-13(21)9-4-3-5-10(8-9)20(23)24/h1-8,15H,(H,18,21)(H,19,22). The highest BCUT2D eigenvalue weighted by Gasteiger charge is 2.17. The summed E-state index contributed by atoms with van der Waals surface area (Å²) in [5.41, 5.74) is 3.49. The second-order valence-corrected chi connectivity index (χ2v) is 4.59. The third-order valence-electron chi connectivity index (χ3n) is 2.96. The molecule has 0 atom stereocenters. The highest BCUT2D eigenvalue weighted by molar-refractivity contribution is 6.00. The van der Waals surface area contributed by atoms with Crippen LogP contribution in [-0.2, 0) is 0 Å². The third kappa shape index (κ3) is 4.70. The number of rotatable bonds is 5. The van der Waals surface area contributed by atoms with Crippen molar-refractivity contribution in [3.05, 3.63) is 69.8 Å². The fraction of sp³-hybridized carbons (Fsp3) is 0.0667. The summed E-state index contributed by atoms with van der Waals surface area (Å²) in [6.45, 7) is -3.12. The summed E-state index contributed by atoms with van der Waals surface area (Å²) in [5, 5.41) is 10.7. The lowest BCUT2D eigenvalue weighted by Gasteiger charge is -2.11. The van der Waals surface area contributed by atoms with Gasteiger partial charge in [0.05, 0.1) is 10.5 Å². The molecule has 0 aliphatic rings. The molecule has 10 heteroatoms. The zero-order chi connectivity index (χ0) is 18.4. The number of nitrogens with zero attached hydrogens (tertiary/aromatic N) is 1. The van der Waals surface area contributed by atoms with Crippen molar-refractivity contribution >= 4 is 17.5 Å². The predicted molar refractivity (Wildman–Crippen MR) is 81.1 cm³/mol. The van der Waals surface area contributed by atoms with Crippen LogP contribution in [-0.4, -0.2) is 23.3 Å². The molecule has 0 radical (unpaired) electrons. The second-order valence-electron chi connectivity index (χ2n) is 4.59. The van der Waals surface area contributed by atoms with Gasteiger partial charge in [-0.05, 0) is 18.2 Å². The number of carbonyl (C=O) groups is 2. The molecule has 8 nitrogen and oxygen atoms in total. The summed E-state index contributed by atoms with van der Waals surface area (Å²) in [4.78, 5) is 33.9. The van der Waals surface area contributed by atoms with E-state index in [2.05, 4.69) is 4.74 Å². The fourth-order valence-electron chi connectivity index (χ4n) is 1.87. The Morgan fingerprint density at radius 1 is 1.04 bits per heavy atom. The first-order valence-electron chi connectivity index (χ1n) is 6.77. The molecule has 0 saturated heterocycles. The Kier molecular flexibility index (Phi) is 5.56. The maximum absolute atomic E-state index is 12.3. The molecule has 25 heavy (non-hydrogen) atoms. The smallest absolute Gasteiger partial charge is 0.387 e. The number of amides is 2. The Bertz CT molecular complexity index is 813. The number of alkyl halides is 2. The van der Waals surface area contributed by atoms with E-state index in [0.29, 0.717) is 0 Å². The Hall–Kier alpha value is -3.56. The highest BCUT2D eigenvalue weighted by atomic mass is 19.3. The van der Waals surface area contributed by atoms with Crippen LogP contribution in [0.2, 0.25) is 0 Å². The normalized spacial score (nSPS) is 10.2. The van der Waals surface area contributed by atoms with Gasteiger partial charge < -0.3 is 4.74 Å². The maximum atomic E-state index is 12.3. The number of non-ortho nitro benzene ring substituents is 1. The van der Waals surface area contributed by atoms with Gasteiger partial charge in [0.25, 0.3) is 17.5 Å². The molecule has 0 aliphatic heterocycles. The number of halogens is 2. The van der Waals surface area contributed by atoms with Crippen LogP contribution in [0.25, 0.3) is 0 Å². The third-order valence-corrected chi connectivity index (χ3v) is 2.96. The molecule has 2 N–H and O–H groups in total. The molecular formula is C15H11F2N3O5. The Morgan fingerprint density at radius 3 is 2.40 bits per heavy atom. The number of para-hydroxylation sites is 1. The van der Waals surface area contributed by atoms with Crippen LogP contribution in [0.15, 0.2) is 48.5 Å². The molecule has 0 fully saturated rings. The number of hydrogen-bond acceptors (Lipinski definition) is 5. The summed E-state index contributed by atoms with van der Waals surface area (Å²) in [6.07, 6.45) is 0. The van der Waals surface area contributed by atoms with Gasteiger partial charge in [-0.25, -0.2) is 0 Å². The quantitative estimate of drug-likeness (QED) is 0.634. The number of benzene rings is 2. The number of nitro groups is 1. The summed E-state index contributed by atoms with van der Waals surface area (Å²) >= 11 is 0. The van der Waals surface area contributed by atoms with Crippen LogP contribution >= 0.6 is 0 Å². The highest BCUT2D eigenvalue weighted by Crippen LogP contribution is 2.20. The first kappa shape index (κ1) is 17.8. The van der Waals surface area contributed by atoms with Gasteiger partial charge in [0.2, 0.25) is 0 Å². The number of nitrogens with one attached hydrogen (secondary N) is 2. The summed E-state index contributed by atoms with van der Waals surface area (Å²) in [5.74, 6) is -2.07. The van der Waals surface area contributed by atoms with Crippen molar-refractivity contribution in [2.24, 2.45) is 0 Å². The van der Waals surface area contributed by atoms with Crippen molar-refractivity contribution in [3.8, 4) is 5.75 Å². The molecule has 2 aromatic carbocycles. The Labute approximate surface area is 139 Å². The second kappa shape index (κ2) is 7.81. The van der Waals surface area contributed by atoms with Crippen molar-refractivity contribution in [2.75, 3.05) is 0 Å². The lowest BCUT2D eigenvalue weighted by molar-refractivity contribution is -0.384. The van der Waals surface area contributed by atoms with Crippen LogP contribution in [0.5, 0.6) is 5.75 Å². The Balaban J connectivity index is 2.06. The fourth-order valence-corrected chi connectivity index (χ4v) is 1.87. The van der Waals surface area contributed by atoms with Crippen molar-refractivity contribution in [1.29, 1.82) is 0 Å². The van der Waals surface area contributed by atoms with E-state index in [-0.39, 0.29) is 22.6 Å². The minimum Gasteiger partial charge on any atom is -0.434 e. The van der Waals surface area contributed by atoms with Gasteiger partial charge in [-0.15, -0.1) is 0 Å². The van der Waals surface area contributed by atoms with Crippen molar-refractivity contribution in [3.63, 3.8) is 0 Å². The van der Waals surface area contributed by atoms with Crippen LogP contribution in [0.4, 0.5) is 14.5 Å². The van der Waals surface area contributed by atoms with E-state index in [1.54, 1.807) is 0 Å². The van der Waals surface area contributed by atoms with E-state index in [4.69, 9.17) is 0 Å². The van der Waals surface area contributed by atoms with Gasteiger partial charge in [0, 0.05) is 17.7 Å². The van der Waals surface area contributed by atoms with Crippen LogP contribution in [0, 0.1) is 10.1 Å². The van der Waals surface area contributed by atoms with Gasteiger partial charge in [-0.3, -0.25) is 30.6 Å². The molecule has 0 heterocycles. The molecule has 0 unspecified atom stereocenters. The molecule has 0 saturated carbocycles. The predicted octanol–water partition coefficient (Wildman–Crippen LogP) is 2.27. The van der Waals surface area contributed by atoms with Gasteiger partial charge in [0.15, 0.2) is 0 Å². The molecular weight excluding hydrogens is 340 g/mol. The molecule has 2 amide bonds. The molecule has 0 bridgehead atoms. The van der Waals surface area contributed by atoms with Gasteiger partial charge >= 0.3 is 6.61 Å². The van der Waals surface area contributed by atoms with Crippen LogP contribution in [0.3, 0.4) is 0 Å². The average molecular weight is 351 g/mol. The number of hydrazine groups is 1. The first-order chi connectivity index (χ1) is 11.9. The van der Waals surface area contributed by atoms with Crippen molar-refractivity contribution < 1.29 is 28.0 Å². The van der Waals surface area contributed by atoms with Gasteiger partial charge in [-0.2, -0.15) is 8.78 Å². The van der Waals surface area contributed by atoms with E-state index in [1.165, 1.54) is 42.5 Å². The van der Waals surface area contributed by atoms with E-state index in [1.807, 2.05) is 10.9 Å². The molecule has 130 valence electrons. The van der Waals surface area contributed by atoms with Crippen molar-refractivity contribution in [1.82, 2.24) is 10.9 Å². The Morgan fingerprint density at radius 2 is 1.72 bits per heavy atom. The SMILES string of the molecule is O=C(NNC(=O)c1ccccc1OC(F)F)c1cccc([N+](=O)[O-])c1. The van der Waals surface area contributed by atoms with Crippen LogP contribution in [0.1, 0.15) is 20.7 Å². The lowest BCUT2D eigenvalue weighted by Crippen LogP contribution is -2.41. The zero-order valence-corrected chi connectivity index (χ0v) is 12.4. The summed E-state index contributed by atoms with van der Waals surface area (Å²) in [6, 6.07) is 10.1. The first-order valence-corrected chi connectivity index (χ1v) is 6.77. The number of nitro benzene ring substituents is 1. The minimum atomic E-state index is -3.12. The number of carbonyl (C=O) groups excluding carboxylic acids is 2. The van der Waals surface area contributed by atoms with E-state index < -0.39 is 23.3 Å². The summed E-state index contributed by atoms with van der Waals surface area (Å²) < 4.78 is 28.9. The van der Waals surface area contributed by atoms with E-state index in [0.717, 1.165) is 6.07 Å². The average Bonchev–Trinajstić information content (AvgIpc) is 2.59. The molecule has 2 rings (SSSR count). The van der Waals surface area contributed by atoms with E-state index in [9.17, 15) is 28.5 Å². The van der Waals surface area contributed by atoms with Gasteiger partial charge in [0.1, 0.15) is 5.75 Å². The van der Waals surface area contributed by atoms with Crippen molar-refractivity contribution in [2.45, 2.75) is 6.61 Å². The summed E-state index contributed by atoms with van der Waals surface area (Å²) in [7, 11) is 0. The van der Waals surface area contributed by atoms with Crippen LogP contribution < -0.4 is 15.6 Å². The topological polar surface area (TPSA) is 111 Å². The monoisotopic (exact) mass is 351 g/mol. The molecule has 0 aromatic heterocycles. The number of ether oxygens (including phenoxy) is 1.